The molecule has 150 valence electrons. The Bertz CT molecular complexity index is 781. The van der Waals surface area contributed by atoms with Gasteiger partial charge in [-0.2, -0.15) is 0 Å². The van der Waals surface area contributed by atoms with E-state index >= 15 is 0 Å². The third-order valence-corrected chi connectivity index (χ3v) is 5.19. The summed E-state index contributed by atoms with van der Waals surface area (Å²) < 4.78 is 0. The molecule has 0 unspecified atom stereocenters. The molecule has 3 heteroatoms. The number of aliphatic hydroxyl groups is 1. The highest BCUT2D eigenvalue weighted by atomic mass is 16.3. The highest BCUT2D eigenvalue weighted by Crippen LogP contribution is 2.23. The molecule has 0 aliphatic carbocycles. The first-order valence-corrected chi connectivity index (χ1v) is 10.1. The van der Waals surface area contributed by atoms with Crippen molar-refractivity contribution in [3.05, 3.63) is 65.2 Å². The second kappa shape index (κ2) is 10.7. The molecule has 0 aromatic heterocycles. The predicted octanol–water partition coefficient (Wildman–Crippen LogP) is 6.39. The monoisotopic (exact) mass is 380 g/mol. The number of hydrogen-bond acceptors (Lipinski definition) is 3. The average Bonchev–Trinajstić information content (AvgIpc) is 2.68. The average molecular weight is 381 g/mol. The summed E-state index contributed by atoms with van der Waals surface area (Å²) in [5.41, 5.74) is 2.45. The first-order valence-electron chi connectivity index (χ1n) is 10.1. The van der Waals surface area contributed by atoms with E-state index in [1.165, 1.54) is 6.07 Å². The molecule has 0 saturated carbocycles. The van der Waals surface area contributed by atoms with Gasteiger partial charge in [0, 0.05) is 6.07 Å². The van der Waals surface area contributed by atoms with Gasteiger partial charge >= 0.3 is 0 Å². The van der Waals surface area contributed by atoms with Crippen LogP contribution in [0.2, 0.25) is 0 Å². The first kappa shape index (κ1) is 21.8. The van der Waals surface area contributed by atoms with Crippen LogP contribution in [0.1, 0.15) is 69.1 Å². The van der Waals surface area contributed by atoms with Gasteiger partial charge in [0.2, 0.25) is 0 Å². The van der Waals surface area contributed by atoms with Crippen LogP contribution >= 0.6 is 0 Å². The Morgan fingerprint density at radius 3 is 2.04 bits per heavy atom. The molecule has 0 aliphatic heterocycles. The Balaban J connectivity index is 1.87. The topological polar surface area (TPSA) is 60.7 Å². The second-order valence-electron chi connectivity index (χ2n) is 7.37. The number of hydrogen-bond donors (Lipinski definition) is 3. The molecule has 2 aromatic carbocycles. The SMILES string of the molecule is CCC(O)(CC)CCCC/C=C/c1cccc(/C=C/c2cc(O)cc(O)c2)c1. The van der Waals surface area contributed by atoms with E-state index in [1.807, 2.05) is 38.1 Å². The van der Waals surface area contributed by atoms with E-state index < -0.39 is 5.60 Å². The van der Waals surface area contributed by atoms with Crippen molar-refractivity contribution < 1.29 is 15.3 Å². The molecule has 0 atom stereocenters. The van der Waals surface area contributed by atoms with Crippen LogP contribution in [-0.2, 0) is 0 Å². The quantitative estimate of drug-likeness (QED) is 0.330. The molecule has 0 aliphatic rings. The number of unbranched alkanes of at least 4 members (excludes halogenated alkanes) is 2. The standard InChI is InChI=1S/C25H32O3/c1-3-25(28,4-2)15-8-6-5-7-10-20-11-9-12-21(16-20)13-14-22-17-23(26)19-24(27)18-22/h7,9-14,16-19,26-28H,3-6,8,15H2,1-2H3/b10-7+,14-13+. The molecule has 2 rings (SSSR count). The summed E-state index contributed by atoms with van der Waals surface area (Å²) in [4.78, 5) is 0. The van der Waals surface area contributed by atoms with E-state index in [9.17, 15) is 15.3 Å². The molecule has 0 fully saturated rings. The molecule has 0 bridgehead atoms. The van der Waals surface area contributed by atoms with E-state index in [0.717, 1.165) is 55.2 Å². The van der Waals surface area contributed by atoms with Crippen LogP contribution in [0.4, 0.5) is 0 Å². The molecule has 0 amide bonds. The molecular formula is C25H32O3. The van der Waals surface area contributed by atoms with Crippen molar-refractivity contribution >= 4 is 18.2 Å². The minimum atomic E-state index is -0.489. The van der Waals surface area contributed by atoms with Crippen molar-refractivity contribution in [2.24, 2.45) is 0 Å². The lowest BCUT2D eigenvalue weighted by atomic mass is 9.91. The van der Waals surface area contributed by atoms with Gasteiger partial charge in [-0.25, -0.2) is 0 Å². The summed E-state index contributed by atoms with van der Waals surface area (Å²) in [7, 11) is 0. The molecule has 28 heavy (non-hydrogen) atoms. The summed E-state index contributed by atoms with van der Waals surface area (Å²) in [6, 6.07) is 12.7. The lowest BCUT2D eigenvalue weighted by Gasteiger charge is -2.24. The second-order valence-corrected chi connectivity index (χ2v) is 7.37. The molecule has 0 radical (unpaired) electrons. The van der Waals surface area contributed by atoms with Gasteiger partial charge in [-0.3, -0.25) is 0 Å². The Kier molecular flexibility index (Phi) is 8.34. The Morgan fingerprint density at radius 2 is 1.39 bits per heavy atom. The van der Waals surface area contributed by atoms with E-state index in [-0.39, 0.29) is 11.5 Å². The Morgan fingerprint density at radius 1 is 0.786 bits per heavy atom. The highest BCUT2D eigenvalue weighted by molar-refractivity contribution is 5.72. The molecule has 2 aromatic rings. The number of benzene rings is 2. The Hall–Kier alpha value is -2.52. The zero-order valence-corrected chi connectivity index (χ0v) is 16.9. The van der Waals surface area contributed by atoms with E-state index in [1.54, 1.807) is 12.1 Å². The van der Waals surface area contributed by atoms with Crippen LogP contribution in [0.25, 0.3) is 18.2 Å². The number of allylic oxidation sites excluding steroid dienone is 1. The minimum absolute atomic E-state index is 0.0487. The van der Waals surface area contributed by atoms with E-state index in [2.05, 4.69) is 24.3 Å². The van der Waals surface area contributed by atoms with Crippen LogP contribution in [-0.4, -0.2) is 20.9 Å². The number of rotatable bonds is 10. The van der Waals surface area contributed by atoms with Gasteiger partial charge in [0.05, 0.1) is 5.60 Å². The maximum absolute atomic E-state index is 10.3. The predicted molar refractivity (Wildman–Crippen MR) is 118 cm³/mol. The van der Waals surface area contributed by atoms with Crippen LogP contribution in [0.5, 0.6) is 11.5 Å². The van der Waals surface area contributed by atoms with Gasteiger partial charge in [-0.1, -0.05) is 62.8 Å². The van der Waals surface area contributed by atoms with Crippen LogP contribution < -0.4 is 0 Å². The van der Waals surface area contributed by atoms with Crippen molar-refractivity contribution in [3.63, 3.8) is 0 Å². The van der Waals surface area contributed by atoms with Crippen molar-refractivity contribution in [3.8, 4) is 11.5 Å². The maximum Gasteiger partial charge on any atom is 0.119 e. The zero-order chi connectivity index (χ0) is 20.4. The summed E-state index contributed by atoms with van der Waals surface area (Å²) >= 11 is 0. The van der Waals surface area contributed by atoms with Gasteiger partial charge in [-0.15, -0.1) is 0 Å². The zero-order valence-electron chi connectivity index (χ0n) is 16.9. The summed E-state index contributed by atoms with van der Waals surface area (Å²) in [6.45, 7) is 4.10. The molecule has 3 N–H and O–H groups in total. The van der Waals surface area contributed by atoms with Gasteiger partial charge in [0.1, 0.15) is 11.5 Å². The normalized spacial score (nSPS) is 12.2. The minimum Gasteiger partial charge on any atom is -0.508 e. The van der Waals surface area contributed by atoms with Gasteiger partial charge < -0.3 is 15.3 Å². The summed E-state index contributed by atoms with van der Waals surface area (Å²) in [6.07, 6.45) is 13.8. The fourth-order valence-electron chi connectivity index (χ4n) is 3.21. The fourth-order valence-corrected chi connectivity index (χ4v) is 3.21. The largest absolute Gasteiger partial charge is 0.508 e. The fraction of sp³-hybridized carbons (Fsp3) is 0.360. The number of phenols is 2. The summed E-state index contributed by atoms with van der Waals surface area (Å²) in [5.74, 6) is 0.0975. The van der Waals surface area contributed by atoms with Crippen LogP contribution in [0.3, 0.4) is 0 Å². The number of phenolic OH excluding ortho intramolecular Hbond substituents is 2. The molecule has 0 saturated heterocycles. The Labute approximate surface area is 168 Å². The molecular weight excluding hydrogens is 348 g/mol. The third kappa shape index (κ3) is 7.24. The highest BCUT2D eigenvalue weighted by Gasteiger charge is 2.20. The first-order chi connectivity index (χ1) is 13.4. The van der Waals surface area contributed by atoms with Crippen LogP contribution in [0, 0.1) is 0 Å². The lowest BCUT2D eigenvalue weighted by Crippen LogP contribution is -2.26. The summed E-state index contributed by atoms with van der Waals surface area (Å²) in [5, 5.41) is 29.4. The maximum atomic E-state index is 10.3. The van der Waals surface area contributed by atoms with Gasteiger partial charge in [0.15, 0.2) is 0 Å². The van der Waals surface area contributed by atoms with E-state index in [4.69, 9.17) is 0 Å². The molecule has 3 nitrogen and oxygen atoms in total. The smallest absolute Gasteiger partial charge is 0.119 e. The lowest BCUT2D eigenvalue weighted by molar-refractivity contribution is 0.0213. The van der Waals surface area contributed by atoms with Crippen molar-refractivity contribution in [1.29, 1.82) is 0 Å². The van der Waals surface area contributed by atoms with E-state index in [0.29, 0.717) is 0 Å². The van der Waals surface area contributed by atoms with Crippen molar-refractivity contribution in [2.75, 3.05) is 0 Å². The van der Waals surface area contributed by atoms with Crippen LogP contribution in [0.15, 0.2) is 48.5 Å². The van der Waals surface area contributed by atoms with Gasteiger partial charge in [0.25, 0.3) is 0 Å². The third-order valence-electron chi connectivity index (χ3n) is 5.19. The van der Waals surface area contributed by atoms with Crippen molar-refractivity contribution in [2.45, 2.75) is 58.0 Å². The number of aromatic hydroxyl groups is 2. The molecule has 0 spiro atoms. The molecule has 0 heterocycles. The van der Waals surface area contributed by atoms with Crippen molar-refractivity contribution in [1.82, 2.24) is 0 Å². The van der Waals surface area contributed by atoms with Gasteiger partial charge in [-0.05, 0) is 67.0 Å².